The molecule has 0 amide bonds. The van der Waals surface area contributed by atoms with Crippen molar-refractivity contribution in [3.8, 4) is 34.2 Å². The minimum atomic E-state index is -0.558. The Morgan fingerprint density at radius 2 is 1.73 bits per heavy atom. The van der Waals surface area contributed by atoms with Crippen LogP contribution >= 0.6 is 0 Å². The molecule has 0 fully saturated rings. The molecule has 4 aromatic rings. The van der Waals surface area contributed by atoms with Gasteiger partial charge < -0.3 is 5.11 Å². The molecule has 160 valence electrons. The molecule has 8 nitrogen and oxygen atoms in total. The average Bonchev–Trinajstić information content (AvgIpc) is 2.84. The Kier molecular flexibility index (Phi) is 6.05. The molecule has 1 heterocycles. The van der Waals surface area contributed by atoms with Crippen molar-refractivity contribution in [2.75, 3.05) is 5.43 Å². The monoisotopic (exact) mass is 435 g/mol. The molecule has 0 unspecified atom stereocenters. The number of benzene rings is 3. The summed E-state index contributed by atoms with van der Waals surface area (Å²) in [4.78, 5) is 30.0. The van der Waals surface area contributed by atoms with Crippen LogP contribution in [0.15, 0.2) is 82.7 Å². The first-order chi connectivity index (χ1) is 16.1. The molecule has 3 aromatic carbocycles. The fraction of sp³-hybridized carbons (Fsp3) is 0. The number of nitrogens with one attached hydrogen (secondary N) is 2. The lowest BCUT2D eigenvalue weighted by molar-refractivity contribution is 0.112. The van der Waals surface area contributed by atoms with E-state index in [0.717, 1.165) is 16.7 Å². The topological polar surface area (TPSA) is 131 Å². The highest BCUT2D eigenvalue weighted by molar-refractivity contribution is 5.83. The van der Waals surface area contributed by atoms with Gasteiger partial charge in [-0.1, -0.05) is 60.7 Å². The van der Waals surface area contributed by atoms with E-state index in [1.807, 2.05) is 36.4 Å². The van der Waals surface area contributed by atoms with Crippen LogP contribution in [-0.4, -0.2) is 27.6 Å². The number of aromatic amines is 1. The van der Waals surface area contributed by atoms with E-state index in [9.17, 15) is 20.0 Å². The molecule has 3 N–H and O–H groups in total. The second kappa shape index (κ2) is 9.41. The number of nitrogens with zero attached hydrogens (tertiary/aromatic N) is 3. The van der Waals surface area contributed by atoms with Gasteiger partial charge in [0.15, 0.2) is 6.29 Å². The molecule has 8 heteroatoms. The van der Waals surface area contributed by atoms with Gasteiger partial charge in [-0.2, -0.15) is 10.4 Å². The summed E-state index contributed by atoms with van der Waals surface area (Å²) in [6.45, 7) is 0. The Labute approximate surface area is 188 Å². The molecule has 0 aliphatic heterocycles. The van der Waals surface area contributed by atoms with Crippen LogP contribution in [0.5, 0.6) is 5.75 Å². The highest BCUT2D eigenvalue weighted by Crippen LogP contribution is 2.26. The van der Waals surface area contributed by atoms with Crippen molar-refractivity contribution in [2.24, 2.45) is 5.10 Å². The zero-order valence-corrected chi connectivity index (χ0v) is 17.2. The predicted molar refractivity (Wildman–Crippen MR) is 125 cm³/mol. The van der Waals surface area contributed by atoms with E-state index in [2.05, 4.69) is 20.5 Å². The lowest BCUT2D eigenvalue weighted by atomic mass is 10.0. The number of nitriles is 1. The van der Waals surface area contributed by atoms with E-state index >= 15 is 0 Å². The van der Waals surface area contributed by atoms with Crippen molar-refractivity contribution < 1.29 is 9.90 Å². The fourth-order valence-electron chi connectivity index (χ4n) is 3.19. The third-order valence-corrected chi connectivity index (χ3v) is 4.86. The number of aromatic hydroxyl groups is 1. The number of aromatic nitrogens is 2. The van der Waals surface area contributed by atoms with Crippen LogP contribution in [-0.2, 0) is 0 Å². The Morgan fingerprint density at radius 3 is 2.39 bits per heavy atom. The molecule has 0 radical (unpaired) electrons. The summed E-state index contributed by atoms with van der Waals surface area (Å²) in [6.07, 6.45) is 2.15. The van der Waals surface area contributed by atoms with E-state index in [1.165, 1.54) is 6.07 Å². The minimum Gasteiger partial charge on any atom is -0.507 e. The molecule has 1 aromatic heterocycles. The van der Waals surface area contributed by atoms with Gasteiger partial charge >= 0.3 is 0 Å². The zero-order valence-electron chi connectivity index (χ0n) is 17.2. The number of carbonyl (C=O) groups excluding carboxylic acids is 1. The van der Waals surface area contributed by atoms with Gasteiger partial charge in [-0.3, -0.25) is 14.6 Å². The van der Waals surface area contributed by atoms with Gasteiger partial charge in [-0.15, -0.1) is 0 Å². The number of anilines is 1. The van der Waals surface area contributed by atoms with Crippen LogP contribution < -0.4 is 11.0 Å². The molecule has 0 saturated carbocycles. The smallest absolute Gasteiger partial charge is 0.270 e. The number of H-pyrrole nitrogens is 1. The Bertz CT molecular complexity index is 1440. The maximum atomic E-state index is 12.3. The molecule has 0 aliphatic carbocycles. The lowest BCUT2D eigenvalue weighted by Crippen LogP contribution is -2.16. The predicted octanol–water partition coefficient (Wildman–Crippen LogP) is 3.94. The number of phenols is 1. The van der Waals surface area contributed by atoms with Crippen molar-refractivity contribution in [3.05, 3.63) is 99.8 Å². The minimum absolute atomic E-state index is 0.0708. The second-order valence-corrected chi connectivity index (χ2v) is 7.00. The summed E-state index contributed by atoms with van der Waals surface area (Å²) >= 11 is 0. The molecule has 0 bridgehead atoms. The van der Waals surface area contributed by atoms with Crippen LogP contribution in [0.25, 0.3) is 22.4 Å². The lowest BCUT2D eigenvalue weighted by Gasteiger charge is -2.06. The Hall–Kier alpha value is -5.03. The Morgan fingerprint density at radius 1 is 1.00 bits per heavy atom. The number of hydrogen-bond donors (Lipinski definition) is 3. The number of aldehydes is 1. The zero-order chi connectivity index (χ0) is 23.2. The molecule has 33 heavy (non-hydrogen) atoms. The fourth-order valence-corrected chi connectivity index (χ4v) is 3.19. The molecule has 0 aliphatic rings. The van der Waals surface area contributed by atoms with Crippen LogP contribution in [0.1, 0.15) is 21.5 Å². The van der Waals surface area contributed by atoms with E-state index in [1.54, 1.807) is 42.6 Å². The Balaban J connectivity index is 1.52. The van der Waals surface area contributed by atoms with E-state index in [4.69, 9.17) is 0 Å². The summed E-state index contributed by atoms with van der Waals surface area (Å²) in [7, 11) is 0. The largest absolute Gasteiger partial charge is 0.507 e. The first-order valence-electron chi connectivity index (χ1n) is 9.86. The van der Waals surface area contributed by atoms with Gasteiger partial charge in [0.1, 0.15) is 17.4 Å². The summed E-state index contributed by atoms with van der Waals surface area (Å²) in [6, 6.07) is 23.1. The average molecular weight is 435 g/mol. The van der Waals surface area contributed by atoms with Crippen molar-refractivity contribution in [1.29, 1.82) is 5.26 Å². The van der Waals surface area contributed by atoms with Crippen LogP contribution in [0, 0.1) is 11.3 Å². The summed E-state index contributed by atoms with van der Waals surface area (Å²) in [5.74, 6) is 0.0348. The molecular formula is C25H17N5O3. The highest BCUT2D eigenvalue weighted by atomic mass is 16.3. The number of carbonyl (C=O) groups is 1. The SMILES string of the molecule is N#Cc1c(-c2ccccc2)nc(NN=Cc2ccc(-c3ccc(C=O)c(O)c3)cc2)[nH]c1=O. The molecule has 0 spiro atoms. The van der Waals surface area contributed by atoms with Gasteiger partial charge in [0.25, 0.3) is 5.56 Å². The molecular weight excluding hydrogens is 418 g/mol. The van der Waals surface area contributed by atoms with Gasteiger partial charge in [0.05, 0.1) is 17.5 Å². The number of hydrazone groups is 1. The normalized spacial score (nSPS) is 10.6. The summed E-state index contributed by atoms with van der Waals surface area (Å²) in [5, 5.41) is 23.3. The maximum Gasteiger partial charge on any atom is 0.270 e. The standard InChI is InChI=1S/C25H17N5O3/c26-13-21-23(18-4-2-1-3-5-18)28-25(29-24(21)33)30-27-14-16-6-8-17(9-7-16)19-10-11-20(15-31)22(32)12-19/h1-12,14-15,32H,(H2,28,29,30,33). The van der Waals surface area contributed by atoms with Crippen LogP contribution in [0.2, 0.25) is 0 Å². The molecule has 4 rings (SSSR count). The molecule has 0 atom stereocenters. The number of phenolic OH excluding ortho intramolecular Hbond substituents is 1. The summed E-state index contributed by atoms with van der Waals surface area (Å²) in [5.41, 5.74) is 5.62. The highest BCUT2D eigenvalue weighted by Gasteiger charge is 2.12. The quantitative estimate of drug-likeness (QED) is 0.239. The van der Waals surface area contributed by atoms with Crippen molar-refractivity contribution >= 4 is 18.4 Å². The first kappa shape index (κ1) is 21.2. The van der Waals surface area contributed by atoms with E-state index in [0.29, 0.717) is 11.8 Å². The van der Waals surface area contributed by atoms with Gasteiger partial charge in [0.2, 0.25) is 5.95 Å². The summed E-state index contributed by atoms with van der Waals surface area (Å²) < 4.78 is 0. The maximum absolute atomic E-state index is 12.3. The van der Waals surface area contributed by atoms with E-state index in [-0.39, 0.29) is 28.5 Å². The van der Waals surface area contributed by atoms with Crippen molar-refractivity contribution in [3.63, 3.8) is 0 Å². The van der Waals surface area contributed by atoms with Gasteiger partial charge in [-0.05, 0) is 28.8 Å². The van der Waals surface area contributed by atoms with Crippen LogP contribution in [0.3, 0.4) is 0 Å². The van der Waals surface area contributed by atoms with E-state index < -0.39 is 5.56 Å². The van der Waals surface area contributed by atoms with Crippen molar-refractivity contribution in [1.82, 2.24) is 9.97 Å². The first-order valence-corrected chi connectivity index (χ1v) is 9.86. The number of hydrogen-bond acceptors (Lipinski definition) is 7. The third-order valence-electron chi connectivity index (χ3n) is 4.86. The van der Waals surface area contributed by atoms with Gasteiger partial charge in [-0.25, -0.2) is 10.4 Å². The van der Waals surface area contributed by atoms with Crippen molar-refractivity contribution in [2.45, 2.75) is 0 Å². The second-order valence-electron chi connectivity index (χ2n) is 7.00. The third kappa shape index (κ3) is 4.68. The number of rotatable bonds is 6. The van der Waals surface area contributed by atoms with Gasteiger partial charge in [0, 0.05) is 5.56 Å². The van der Waals surface area contributed by atoms with Crippen LogP contribution in [0.4, 0.5) is 5.95 Å². The molecule has 0 saturated heterocycles.